The first kappa shape index (κ1) is 22.3. The standard InChI is InChI=1S/C22H17F3N4O3S/c1-31-18-6-3-5-14(19(18)32-2)21-28-16(12-33-21)20(30)27-15-11-13(22(23,24)25)7-8-17(15)29-10-4-9-26-29/h3-12H,1-2H3,(H,27,30). The van der Waals surface area contributed by atoms with Crippen LogP contribution >= 0.6 is 11.3 Å². The second-order valence-corrected chi connectivity index (χ2v) is 7.57. The molecule has 0 bridgehead atoms. The molecule has 2 heterocycles. The molecule has 7 nitrogen and oxygen atoms in total. The molecule has 33 heavy (non-hydrogen) atoms. The van der Waals surface area contributed by atoms with Gasteiger partial charge in [0.15, 0.2) is 11.5 Å². The minimum absolute atomic E-state index is 0.0451. The van der Waals surface area contributed by atoms with Crippen molar-refractivity contribution < 1.29 is 27.4 Å². The third kappa shape index (κ3) is 4.53. The van der Waals surface area contributed by atoms with Crippen LogP contribution in [0, 0.1) is 0 Å². The number of para-hydroxylation sites is 1. The number of halogens is 3. The van der Waals surface area contributed by atoms with Gasteiger partial charge in [0.2, 0.25) is 0 Å². The molecule has 4 rings (SSSR count). The van der Waals surface area contributed by atoms with E-state index in [1.54, 1.807) is 30.5 Å². The summed E-state index contributed by atoms with van der Waals surface area (Å²) in [6.07, 6.45) is -1.52. The Hall–Kier alpha value is -3.86. The first-order valence-corrected chi connectivity index (χ1v) is 10.4. The van der Waals surface area contributed by atoms with Gasteiger partial charge in [-0.15, -0.1) is 11.3 Å². The number of ether oxygens (including phenoxy) is 2. The van der Waals surface area contributed by atoms with Gasteiger partial charge in [0.05, 0.1) is 36.7 Å². The van der Waals surface area contributed by atoms with Crippen molar-refractivity contribution in [1.82, 2.24) is 14.8 Å². The SMILES string of the molecule is COc1cccc(-c2nc(C(=O)Nc3cc(C(F)(F)F)ccc3-n3cccn3)cs2)c1OC. The average Bonchev–Trinajstić information content (AvgIpc) is 3.50. The summed E-state index contributed by atoms with van der Waals surface area (Å²) < 4.78 is 51.8. The van der Waals surface area contributed by atoms with Crippen LogP contribution in [0.1, 0.15) is 16.1 Å². The Balaban J connectivity index is 1.67. The highest BCUT2D eigenvalue weighted by molar-refractivity contribution is 7.13. The molecule has 0 saturated carbocycles. The van der Waals surface area contributed by atoms with E-state index in [2.05, 4.69) is 15.4 Å². The Bertz CT molecular complexity index is 1290. The molecule has 0 unspecified atom stereocenters. The molecule has 0 aliphatic rings. The fourth-order valence-electron chi connectivity index (χ4n) is 3.17. The minimum Gasteiger partial charge on any atom is -0.493 e. The number of alkyl halides is 3. The molecule has 170 valence electrons. The summed E-state index contributed by atoms with van der Waals surface area (Å²) in [6.45, 7) is 0. The zero-order valence-corrected chi connectivity index (χ0v) is 18.2. The molecule has 0 aliphatic heterocycles. The molecule has 0 radical (unpaired) electrons. The van der Waals surface area contributed by atoms with E-state index in [4.69, 9.17) is 9.47 Å². The number of carbonyl (C=O) groups excluding carboxylic acids is 1. The van der Waals surface area contributed by atoms with Gasteiger partial charge in [-0.05, 0) is 36.4 Å². The number of hydrogen-bond acceptors (Lipinski definition) is 6. The Labute approximate surface area is 190 Å². The molecular weight excluding hydrogens is 457 g/mol. The first-order chi connectivity index (χ1) is 15.8. The van der Waals surface area contributed by atoms with Crippen molar-refractivity contribution in [3.05, 3.63) is 71.5 Å². The Morgan fingerprint density at radius 2 is 1.94 bits per heavy atom. The van der Waals surface area contributed by atoms with Gasteiger partial charge in [0.25, 0.3) is 5.91 Å². The normalized spacial score (nSPS) is 11.3. The minimum atomic E-state index is -4.57. The quantitative estimate of drug-likeness (QED) is 0.411. The predicted octanol–water partition coefficient (Wildman–Crippen LogP) is 5.28. The number of benzene rings is 2. The fraction of sp³-hybridized carbons (Fsp3) is 0.136. The van der Waals surface area contributed by atoms with Gasteiger partial charge in [-0.1, -0.05) is 6.07 Å². The fourth-order valence-corrected chi connectivity index (χ4v) is 3.99. The average molecular weight is 474 g/mol. The van der Waals surface area contributed by atoms with Gasteiger partial charge < -0.3 is 14.8 Å². The molecule has 1 N–H and O–H groups in total. The van der Waals surface area contributed by atoms with Crippen molar-refractivity contribution in [2.75, 3.05) is 19.5 Å². The maximum absolute atomic E-state index is 13.3. The number of rotatable bonds is 6. The zero-order chi connectivity index (χ0) is 23.6. The second-order valence-electron chi connectivity index (χ2n) is 6.71. The number of amides is 1. The van der Waals surface area contributed by atoms with E-state index in [1.165, 1.54) is 47.9 Å². The maximum atomic E-state index is 13.3. The third-order valence-electron chi connectivity index (χ3n) is 4.69. The zero-order valence-electron chi connectivity index (χ0n) is 17.4. The van der Waals surface area contributed by atoms with Gasteiger partial charge in [0, 0.05) is 17.8 Å². The lowest BCUT2D eigenvalue weighted by atomic mass is 10.1. The summed E-state index contributed by atoms with van der Waals surface area (Å²) in [5.74, 6) is 0.302. The van der Waals surface area contributed by atoms with Crippen molar-refractivity contribution in [2.24, 2.45) is 0 Å². The molecule has 0 aliphatic carbocycles. The molecule has 1 amide bonds. The van der Waals surface area contributed by atoms with Crippen molar-refractivity contribution >= 4 is 22.9 Å². The van der Waals surface area contributed by atoms with E-state index >= 15 is 0 Å². The molecule has 0 atom stereocenters. The lowest BCUT2D eigenvalue weighted by Gasteiger charge is -2.14. The highest BCUT2D eigenvalue weighted by atomic mass is 32.1. The molecule has 0 fully saturated rings. The Morgan fingerprint density at radius 3 is 2.61 bits per heavy atom. The van der Waals surface area contributed by atoms with Gasteiger partial charge in [-0.25, -0.2) is 9.67 Å². The predicted molar refractivity (Wildman–Crippen MR) is 117 cm³/mol. The lowest BCUT2D eigenvalue weighted by molar-refractivity contribution is -0.137. The van der Waals surface area contributed by atoms with Crippen molar-refractivity contribution in [2.45, 2.75) is 6.18 Å². The van der Waals surface area contributed by atoms with Crippen LogP contribution < -0.4 is 14.8 Å². The van der Waals surface area contributed by atoms with Gasteiger partial charge >= 0.3 is 6.18 Å². The summed E-state index contributed by atoms with van der Waals surface area (Å²) in [4.78, 5) is 17.2. The number of nitrogens with zero attached hydrogens (tertiary/aromatic N) is 3. The number of methoxy groups -OCH3 is 2. The first-order valence-electron chi connectivity index (χ1n) is 9.51. The molecular formula is C22H17F3N4O3S. The van der Waals surface area contributed by atoms with Gasteiger partial charge in [0.1, 0.15) is 10.7 Å². The Morgan fingerprint density at radius 1 is 1.12 bits per heavy atom. The molecule has 11 heteroatoms. The van der Waals surface area contributed by atoms with Crippen LogP contribution in [0.2, 0.25) is 0 Å². The maximum Gasteiger partial charge on any atom is 0.416 e. The highest BCUT2D eigenvalue weighted by Crippen LogP contribution is 2.39. The number of hydrogen-bond donors (Lipinski definition) is 1. The smallest absolute Gasteiger partial charge is 0.416 e. The molecule has 2 aromatic carbocycles. The van der Waals surface area contributed by atoms with Crippen LogP contribution in [0.4, 0.5) is 18.9 Å². The molecule has 0 spiro atoms. The number of aromatic nitrogens is 3. The Kier molecular flexibility index (Phi) is 6.05. The molecule has 4 aromatic rings. The van der Waals surface area contributed by atoms with Crippen LogP contribution in [0.15, 0.2) is 60.2 Å². The van der Waals surface area contributed by atoms with E-state index in [1.807, 2.05) is 0 Å². The monoisotopic (exact) mass is 474 g/mol. The van der Waals surface area contributed by atoms with Crippen molar-refractivity contribution in [3.63, 3.8) is 0 Å². The summed E-state index contributed by atoms with van der Waals surface area (Å²) in [5, 5.41) is 8.59. The van der Waals surface area contributed by atoms with Crippen LogP contribution in [-0.2, 0) is 6.18 Å². The highest BCUT2D eigenvalue weighted by Gasteiger charge is 2.31. The van der Waals surface area contributed by atoms with E-state index < -0.39 is 17.6 Å². The van der Waals surface area contributed by atoms with E-state index in [9.17, 15) is 18.0 Å². The van der Waals surface area contributed by atoms with Crippen LogP contribution in [0.3, 0.4) is 0 Å². The summed E-state index contributed by atoms with van der Waals surface area (Å²) in [6, 6.07) is 9.93. The van der Waals surface area contributed by atoms with Crippen molar-refractivity contribution in [1.29, 1.82) is 0 Å². The lowest BCUT2D eigenvalue weighted by Crippen LogP contribution is -2.16. The van der Waals surface area contributed by atoms with Crippen LogP contribution in [0.25, 0.3) is 16.3 Å². The van der Waals surface area contributed by atoms with E-state index in [-0.39, 0.29) is 17.1 Å². The van der Waals surface area contributed by atoms with E-state index in [0.29, 0.717) is 22.1 Å². The van der Waals surface area contributed by atoms with Crippen molar-refractivity contribution in [3.8, 4) is 27.8 Å². The summed E-state index contributed by atoms with van der Waals surface area (Å²) >= 11 is 1.19. The third-order valence-corrected chi connectivity index (χ3v) is 5.57. The van der Waals surface area contributed by atoms with Crippen LogP contribution in [0.5, 0.6) is 11.5 Å². The topological polar surface area (TPSA) is 78.3 Å². The molecule has 2 aromatic heterocycles. The summed E-state index contributed by atoms with van der Waals surface area (Å²) in [7, 11) is 3.00. The molecule has 0 saturated heterocycles. The van der Waals surface area contributed by atoms with Crippen LogP contribution in [-0.4, -0.2) is 34.9 Å². The van der Waals surface area contributed by atoms with Gasteiger partial charge in [-0.3, -0.25) is 4.79 Å². The second kappa shape index (κ2) is 8.94. The summed E-state index contributed by atoms with van der Waals surface area (Å²) in [5.41, 5.74) is 0.00740. The largest absolute Gasteiger partial charge is 0.493 e. The number of carbonyl (C=O) groups is 1. The number of thiazole rings is 1. The number of anilines is 1. The number of nitrogens with one attached hydrogen (secondary N) is 1. The van der Waals surface area contributed by atoms with Gasteiger partial charge in [-0.2, -0.15) is 18.3 Å². The van der Waals surface area contributed by atoms with E-state index in [0.717, 1.165) is 12.1 Å².